The standard InChI is InChI=1S/C21H28/c1-16-9-10-19(15-17(16)2)8-6-7-18-11-13-20(14-12-18)21(3,4)5/h9-15H,6-8H2,1-5H3/i7D2. The van der Waals surface area contributed by atoms with E-state index < -0.39 is 6.37 Å². The first kappa shape index (κ1) is 13.1. The average Bonchev–Trinajstić information content (AvgIpc) is 2.48. The lowest BCUT2D eigenvalue weighted by Gasteiger charge is -2.19. The predicted molar refractivity (Wildman–Crippen MR) is 93.1 cm³/mol. The van der Waals surface area contributed by atoms with E-state index in [2.05, 4.69) is 65.0 Å². The first-order valence-electron chi connectivity index (χ1n) is 8.77. The van der Waals surface area contributed by atoms with E-state index in [1.54, 1.807) is 0 Å². The highest BCUT2D eigenvalue weighted by atomic mass is 14.2. The van der Waals surface area contributed by atoms with E-state index in [0.717, 1.165) is 12.0 Å². The van der Waals surface area contributed by atoms with Gasteiger partial charge in [-0.25, -0.2) is 0 Å². The van der Waals surface area contributed by atoms with E-state index in [9.17, 15) is 0 Å². The van der Waals surface area contributed by atoms with Gasteiger partial charge in [-0.3, -0.25) is 0 Å². The third-order valence-corrected chi connectivity index (χ3v) is 4.07. The summed E-state index contributed by atoms with van der Waals surface area (Å²) in [5, 5.41) is 0. The van der Waals surface area contributed by atoms with Gasteiger partial charge in [0.05, 0.1) is 0 Å². The Hall–Kier alpha value is -1.56. The van der Waals surface area contributed by atoms with Crippen molar-refractivity contribution in [3.8, 4) is 0 Å². The van der Waals surface area contributed by atoms with E-state index in [1.807, 2.05) is 12.1 Å². The summed E-state index contributed by atoms with van der Waals surface area (Å²) in [7, 11) is 0. The number of aryl methyl sites for hydroxylation is 4. The quantitative estimate of drug-likeness (QED) is 0.667. The van der Waals surface area contributed by atoms with E-state index >= 15 is 0 Å². The third kappa shape index (κ3) is 4.46. The SMILES string of the molecule is [2H]C([2H])(CCc1ccc(C)c(C)c1)c1ccc(C(C)(C)C)cc1. The van der Waals surface area contributed by atoms with Gasteiger partial charge < -0.3 is 0 Å². The molecule has 0 bridgehead atoms. The van der Waals surface area contributed by atoms with Crippen LogP contribution in [0, 0.1) is 13.8 Å². The zero-order valence-electron chi connectivity index (χ0n) is 16.0. The highest BCUT2D eigenvalue weighted by Crippen LogP contribution is 2.22. The molecule has 0 aliphatic heterocycles. The van der Waals surface area contributed by atoms with Gasteiger partial charge in [0.15, 0.2) is 0 Å². The molecule has 0 atom stereocenters. The highest BCUT2D eigenvalue weighted by Gasteiger charge is 2.12. The molecule has 112 valence electrons. The first-order chi connectivity index (χ1) is 10.6. The van der Waals surface area contributed by atoms with Crippen molar-refractivity contribution in [2.45, 2.75) is 59.2 Å². The Morgan fingerprint density at radius 1 is 0.857 bits per heavy atom. The molecule has 0 radical (unpaired) electrons. The zero-order chi connectivity index (χ0) is 17.3. The topological polar surface area (TPSA) is 0 Å². The number of rotatable bonds is 4. The molecule has 0 fully saturated rings. The molecule has 0 amide bonds. The van der Waals surface area contributed by atoms with Crippen molar-refractivity contribution >= 4 is 0 Å². The maximum Gasteiger partial charge on any atom is 0.0316 e. The second-order valence-electron chi connectivity index (χ2n) is 6.92. The molecule has 0 aliphatic rings. The largest absolute Gasteiger partial charge is 0.0588 e. The number of hydrogen-bond donors (Lipinski definition) is 0. The Bertz CT molecular complexity index is 661. The first-order valence-corrected chi connectivity index (χ1v) is 7.77. The molecular formula is C21H28. The molecule has 2 aromatic carbocycles. The molecule has 0 saturated carbocycles. The Morgan fingerprint density at radius 3 is 2.05 bits per heavy atom. The third-order valence-electron chi connectivity index (χ3n) is 4.07. The minimum absolute atomic E-state index is 0.102. The van der Waals surface area contributed by atoms with E-state index in [0.29, 0.717) is 6.42 Å². The highest BCUT2D eigenvalue weighted by molar-refractivity contribution is 5.30. The van der Waals surface area contributed by atoms with Gasteiger partial charge in [0, 0.05) is 2.74 Å². The molecule has 0 unspecified atom stereocenters. The van der Waals surface area contributed by atoms with Gasteiger partial charge >= 0.3 is 0 Å². The van der Waals surface area contributed by atoms with Gasteiger partial charge in [0.25, 0.3) is 0 Å². The normalized spacial score (nSPS) is 13.8. The van der Waals surface area contributed by atoms with Gasteiger partial charge in [-0.2, -0.15) is 0 Å². The van der Waals surface area contributed by atoms with Crippen LogP contribution < -0.4 is 0 Å². The summed E-state index contributed by atoms with van der Waals surface area (Å²) in [6.45, 7) is 10.7. The minimum Gasteiger partial charge on any atom is -0.0588 e. The lowest BCUT2D eigenvalue weighted by atomic mass is 9.86. The van der Waals surface area contributed by atoms with Crippen LogP contribution >= 0.6 is 0 Å². The van der Waals surface area contributed by atoms with E-state index in [-0.39, 0.29) is 5.41 Å². The second-order valence-corrected chi connectivity index (χ2v) is 6.92. The molecule has 0 N–H and O–H groups in total. The summed E-state index contributed by atoms with van der Waals surface area (Å²) in [4.78, 5) is 0. The molecule has 0 saturated heterocycles. The maximum atomic E-state index is 8.41. The van der Waals surface area contributed by atoms with Crippen molar-refractivity contribution in [2.24, 2.45) is 0 Å². The Labute approximate surface area is 133 Å². The molecule has 21 heavy (non-hydrogen) atoms. The second kappa shape index (κ2) is 6.47. The molecule has 0 aromatic heterocycles. The van der Waals surface area contributed by atoms with Crippen LogP contribution in [-0.2, 0) is 18.2 Å². The van der Waals surface area contributed by atoms with Crippen molar-refractivity contribution < 1.29 is 2.74 Å². The Kier molecular flexibility index (Phi) is 4.05. The van der Waals surface area contributed by atoms with Crippen LogP contribution in [0.4, 0.5) is 0 Å². The van der Waals surface area contributed by atoms with Crippen LogP contribution in [0.25, 0.3) is 0 Å². The van der Waals surface area contributed by atoms with Crippen LogP contribution in [0.3, 0.4) is 0 Å². The smallest absolute Gasteiger partial charge is 0.0316 e. The van der Waals surface area contributed by atoms with E-state index in [1.165, 1.54) is 22.3 Å². The van der Waals surface area contributed by atoms with Crippen LogP contribution in [0.2, 0.25) is 0 Å². The number of benzene rings is 2. The van der Waals surface area contributed by atoms with Crippen LogP contribution in [0.1, 0.15) is 57.8 Å². The van der Waals surface area contributed by atoms with Crippen molar-refractivity contribution in [3.05, 3.63) is 70.3 Å². The van der Waals surface area contributed by atoms with Crippen LogP contribution in [-0.4, -0.2) is 0 Å². The molecule has 0 nitrogen and oxygen atoms in total. The summed E-state index contributed by atoms with van der Waals surface area (Å²) >= 11 is 0. The lowest BCUT2D eigenvalue weighted by molar-refractivity contribution is 0.590. The Morgan fingerprint density at radius 2 is 1.48 bits per heavy atom. The molecule has 2 rings (SSSR count). The number of hydrogen-bond acceptors (Lipinski definition) is 0. The molecule has 0 spiro atoms. The maximum absolute atomic E-state index is 8.41. The Balaban J connectivity index is 2.10. The fourth-order valence-corrected chi connectivity index (χ4v) is 2.40. The predicted octanol–water partition coefficient (Wildman–Crippen LogP) is 5.78. The summed E-state index contributed by atoms with van der Waals surface area (Å²) < 4.78 is 16.8. The summed E-state index contributed by atoms with van der Waals surface area (Å²) in [5.41, 5.74) is 5.89. The van der Waals surface area contributed by atoms with Crippen LogP contribution in [0.5, 0.6) is 0 Å². The summed E-state index contributed by atoms with van der Waals surface area (Å²) in [6, 6.07) is 14.4. The molecular weight excluding hydrogens is 252 g/mol. The monoisotopic (exact) mass is 282 g/mol. The van der Waals surface area contributed by atoms with Crippen molar-refractivity contribution in [1.82, 2.24) is 0 Å². The van der Waals surface area contributed by atoms with Crippen molar-refractivity contribution in [3.63, 3.8) is 0 Å². The average molecular weight is 282 g/mol. The summed E-state index contributed by atoms with van der Waals surface area (Å²) in [6.07, 6.45) is -0.0330. The van der Waals surface area contributed by atoms with Gasteiger partial charge in [-0.15, -0.1) is 0 Å². The van der Waals surface area contributed by atoms with Crippen molar-refractivity contribution in [1.29, 1.82) is 0 Å². The molecule has 0 heterocycles. The fourth-order valence-electron chi connectivity index (χ4n) is 2.40. The van der Waals surface area contributed by atoms with Gasteiger partial charge in [-0.05, 0) is 66.3 Å². The van der Waals surface area contributed by atoms with Gasteiger partial charge in [0.1, 0.15) is 0 Å². The van der Waals surface area contributed by atoms with Gasteiger partial charge in [-0.1, -0.05) is 63.2 Å². The van der Waals surface area contributed by atoms with Crippen molar-refractivity contribution in [2.75, 3.05) is 0 Å². The van der Waals surface area contributed by atoms with E-state index in [4.69, 9.17) is 2.74 Å². The van der Waals surface area contributed by atoms with Gasteiger partial charge in [0.2, 0.25) is 0 Å². The molecule has 0 heteroatoms. The fraction of sp³-hybridized carbons (Fsp3) is 0.429. The lowest BCUT2D eigenvalue weighted by Crippen LogP contribution is -2.10. The molecule has 2 aromatic rings. The summed E-state index contributed by atoms with van der Waals surface area (Å²) in [5.74, 6) is 0. The zero-order valence-corrected chi connectivity index (χ0v) is 14.0. The van der Waals surface area contributed by atoms with Crippen LogP contribution in [0.15, 0.2) is 42.5 Å². The molecule has 0 aliphatic carbocycles. The minimum atomic E-state index is -1.30.